The van der Waals surface area contributed by atoms with Crippen LogP contribution in [0, 0.1) is 0 Å². The second-order valence-electron chi connectivity index (χ2n) is 17.3. The van der Waals surface area contributed by atoms with E-state index in [2.05, 4.69) is 13.8 Å². The number of unbranched alkanes of at least 4 members (excludes halogenated alkanes) is 30. The van der Waals surface area contributed by atoms with Gasteiger partial charge in [0.1, 0.15) is 42.7 Å². The highest BCUT2D eigenvalue weighted by Gasteiger charge is 2.51. The molecule has 0 aliphatic heterocycles. The molecule has 12 nitrogen and oxygen atoms in total. The number of rotatable bonds is 42. The summed E-state index contributed by atoms with van der Waals surface area (Å²) in [4.78, 5) is 23.2. The summed E-state index contributed by atoms with van der Waals surface area (Å²) in [5, 5.41) is 50.2. The molecule has 59 heavy (non-hydrogen) atoms. The fourth-order valence-corrected chi connectivity index (χ4v) is 8.80. The lowest BCUT2D eigenvalue weighted by Crippen LogP contribution is -2.64. The first kappa shape index (κ1) is 56.4. The third kappa shape index (κ3) is 30.1. The van der Waals surface area contributed by atoms with Gasteiger partial charge in [-0.15, -0.1) is 0 Å². The Hall–Kier alpha value is -0.660. The summed E-state index contributed by atoms with van der Waals surface area (Å²) in [6, 6.07) is 0. The van der Waals surface area contributed by atoms with Crippen molar-refractivity contribution < 1.29 is 58.3 Å². The molecule has 0 spiro atoms. The first-order valence-electron chi connectivity index (χ1n) is 24.4. The predicted molar refractivity (Wildman–Crippen MR) is 235 cm³/mol. The van der Waals surface area contributed by atoms with Crippen molar-refractivity contribution in [3.8, 4) is 0 Å². The van der Waals surface area contributed by atoms with Crippen molar-refractivity contribution in [2.24, 2.45) is 0 Å². The topological polar surface area (TPSA) is 192 Å². The summed E-state index contributed by atoms with van der Waals surface area (Å²) in [5.74, 6) is -0.470. The molecular formula is C46H91O12P. The molecule has 6 unspecified atom stereocenters. The van der Waals surface area contributed by atoms with E-state index in [9.17, 15) is 39.8 Å². The van der Waals surface area contributed by atoms with Gasteiger partial charge in [0.05, 0.1) is 13.2 Å². The van der Waals surface area contributed by atoms with Gasteiger partial charge in [-0.1, -0.05) is 206 Å². The van der Waals surface area contributed by atoms with Crippen molar-refractivity contribution in [2.45, 2.75) is 268 Å². The van der Waals surface area contributed by atoms with E-state index in [1.807, 2.05) is 0 Å². The van der Waals surface area contributed by atoms with Crippen LogP contribution in [0.5, 0.6) is 0 Å². The monoisotopic (exact) mass is 867 g/mol. The predicted octanol–water partition coefficient (Wildman–Crippen LogP) is 10.1. The number of hydrogen-bond donors (Lipinski definition) is 6. The number of ether oxygens (including phenoxy) is 2. The Morgan fingerprint density at radius 2 is 0.797 bits per heavy atom. The molecular weight excluding hydrogens is 775 g/mol. The van der Waals surface area contributed by atoms with Gasteiger partial charge in [-0.2, -0.15) is 0 Å². The maximum Gasteiger partial charge on any atom is 0.472 e. The lowest BCUT2D eigenvalue weighted by molar-refractivity contribution is -0.220. The lowest BCUT2D eigenvalue weighted by atomic mass is 9.85. The number of hydrogen-bond acceptors (Lipinski definition) is 11. The summed E-state index contributed by atoms with van der Waals surface area (Å²) in [7, 11) is -5.01. The summed E-state index contributed by atoms with van der Waals surface area (Å²) in [6.07, 6.45) is 27.5. The van der Waals surface area contributed by atoms with Crippen LogP contribution in [0.2, 0.25) is 0 Å². The molecule has 1 aliphatic carbocycles. The molecule has 1 aliphatic rings. The van der Waals surface area contributed by atoms with Gasteiger partial charge in [0, 0.05) is 13.0 Å². The van der Waals surface area contributed by atoms with Crippen LogP contribution in [0.25, 0.3) is 0 Å². The highest BCUT2D eigenvalue weighted by Crippen LogP contribution is 2.47. The van der Waals surface area contributed by atoms with Crippen LogP contribution >= 0.6 is 7.82 Å². The van der Waals surface area contributed by atoms with Gasteiger partial charge in [-0.3, -0.25) is 13.8 Å². The van der Waals surface area contributed by atoms with Crippen LogP contribution in [0.4, 0.5) is 0 Å². The zero-order valence-electron chi connectivity index (χ0n) is 37.6. The maximum atomic E-state index is 12.8. The largest absolute Gasteiger partial charge is 0.472 e. The average molecular weight is 867 g/mol. The standard InChI is InChI=1S/C46H91O12P/c1-3-5-7-9-11-13-15-17-18-19-20-21-22-23-24-25-27-29-31-33-35-40(47)57-39(37-55-36-34-32-30-28-26-16-14-12-10-8-6-4-2)38-56-59(53,54)58-46-44(51)42(49)41(48)43(50)45(46)52/h39,41-46,48-52H,3-38H2,1-2H3,(H,53,54)/t39-,41?,42-,43?,44?,45?,46?/m1/s1. The molecule has 352 valence electrons. The third-order valence-electron chi connectivity index (χ3n) is 11.7. The highest BCUT2D eigenvalue weighted by atomic mass is 31.2. The fraction of sp³-hybridized carbons (Fsp3) is 0.978. The summed E-state index contributed by atoms with van der Waals surface area (Å²) in [6.45, 7) is 4.30. The smallest absolute Gasteiger partial charge is 0.457 e. The molecule has 0 aromatic heterocycles. The number of aliphatic hydroxyl groups is 5. The molecule has 1 rings (SSSR count). The lowest BCUT2D eigenvalue weighted by Gasteiger charge is -2.41. The van der Waals surface area contributed by atoms with E-state index in [0.29, 0.717) is 13.0 Å². The van der Waals surface area contributed by atoms with E-state index in [-0.39, 0.29) is 13.0 Å². The van der Waals surface area contributed by atoms with Crippen molar-refractivity contribution in [1.82, 2.24) is 0 Å². The Balaban J connectivity index is 2.32. The molecule has 1 fully saturated rings. The number of phosphoric acid groups is 1. The van der Waals surface area contributed by atoms with E-state index < -0.39 is 63.1 Å². The van der Waals surface area contributed by atoms with Gasteiger partial charge in [-0.05, 0) is 12.8 Å². The van der Waals surface area contributed by atoms with Gasteiger partial charge in [-0.25, -0.2) is 4.57 Å². The van der Waals surface area contributed by atoms with Crippen LogP contribution in [-0.4, -0.2) is 98.9 Å². The minimum absolute atomic E-state index is 0.0681. The average Bonchev–Trinajstić information content (AvgIpc) is 3.22. The Kier molecular flexibility index (Phi) is 36.2. The molecule has 0 amide bonds. The van der Waals surface area contributed by atoms with E-state index in [0.717, 1.165) is 38.5 Å². The normalized spacial score (nSPS) is 22.4. The molecule has 8 atom stereocenters. The molecule has 0 heterocycles. The van der Waals surface area contributed by atoms with E-state index in [1.165, 1.54) is 161 Å². The van der Waals surface area contributed by atoms with Gasteiger partial charge in [0.2, 0.25) is 0 Å². The fourth-order valence-electron chi connectivity index (χ4n) is 7.83. The Bertz CT molecular complexity index is 989. The Morgan fingerprint density at radius 1 is 0.475 bits per heavy atom. The molecule has 0 saturated heterocycles. The molecule has 0 bridgehead atoms. The first-order chi connectivity index (χ1) is 28.5. The van der Waals surface area contributed by atoms with Gasteiger partial charge < -0.3 is 39.9 Å². The number of carbonyl (C=O) groups is 1. The van der Waals surface area contributed by atoms with Crippen LogP contribution in [0.3, 0.4) is 0 Å². The molecule has 0 aromatic carbocycles. The molecule has 6 N–H and O–H groups in total. The van der Waals surface area contributed by atoms with Crippen molar-refractivity contribution in [3.05, 3.63) is 0 Å². The van der Waals surface area contributed by atoms with Crippen LogP contribution in [0.1, 0.15) is 226 Å². The molecule has 0 radical (unpaired) electrons. The molecule has 0 aromatic rings. The summed E-state index contributed by atoms with van der Waals surface area (Å²) in [5.41, 5.74) is 0. The number of esters is 1. The van der Waals surface area contributed by atoms with Crippen molar-refractivity contribution >= 4 is 13.8 Å². The highest BCUT2D eigenvalue weighted by molar-refractivity contribution is 7.47. The minimum Gasteiger partial charge on any atom is -0.457 e. The van der Waals surface area contributed by atoms with E-state index in [4.69, 9.17) is 18.5 Å². The summed E-state index contributed by atoms with van der Waals surface area (Å²) < 4.78 is 34.2. The third-order valence-corrected chi connectivity index (χ3v) is 12.7. The number of aliphatic hydroxyl groups excluding tert-OH is 5. The zero-order valence-corrected chi connectivity index (χ0v) is 38.5. The molecule has 1 saturated carbocycles. The van der Waals surface area contributed by atoms with Gasteiger partial charge in [0.15, 0.2) is 0 Å². The first-order valence-corrected chi connectivity index (χ1v) is 25.9. The Morgan fingerprint density at radius 3 is 1.17 bits per heavy atom. The zero-order chi connectivity index (χ0) is 43.4. The van der Waals surface area contributed by atoms with Crippen molar-refractivity contribution in [2.75, 3.05) is 19.8 Å². The van der Waals surface area contributed by atoms with Crippen LogP contribution < -0.4 is 0 Å². The maximum absolute atomic E-state index is 12.8. The second kappa shape index (κ2) is 37.9. The minimum atomic E-state index is -5.01. The molecule has 13 heteroatoms. The van der Waals surface area contributed by atoms with Crippen molar-refractivity contribution in [3.63, 3.8) is 0 Å². The quantitative estimate of drug-likeness (QED) is 0.0194. The number of carbonyl (C=O) groups excluding carboxylic acids is 1. The van der Waals surface area contributed by atoms with Gasteiger partial charge in [0.25, 0.3) is 0 Å². The van der Waals surface area contributed by atoms with E-state index in [1.54, 1.807) is 0 Å². The van der Waals surface area contributed by atoms with E-state index >= 15 is 0 Å². The van der Waals surface area contributed by atoms with Crippen LogP contribution in [-0.2, 0) is 27.9 Å². The van der Waals surface area contributed by atoms with Crippen LogP contribution in [0.15, 0.2) is 0 Å². The van der Waals surface area contributed by atoms with Crippen molar-refractivity contribution in [1.29, 1.82) is 0 Å². The second-order valence-corrected chi connectivity index (χ2v) is 18.7. The Labute approximate surface area is 359 Å². The number of phosphoric ester groups is 1. The summed E-state index contributed by atoms with van der Waals surface area (Å²) >= 11 is 0. The van der Waals surface area contributed by atoms with Gasteiger partial charge >= 0.3 is 13.8 Å². The SMILES string of the molecule is CCCCCCCCCCCCCCCCCCCCCCC(=O)O[C@H](COCCCCCCCCCCCCCC)COP(=O)(O)OC1C(O)C(O)C(O)[C@@H](O)C1O.